The Bertz CT molecular complexity index is 201. The van der Waals surface area contributed by atoms with Crippen molar-refractivity contribution in [3.05, 3.63) is 0 Å². The number of likely N-dealkylation sites (tertiary alicyclic amines) is 1. The molecular formula is C8H15INO2P. The smallest absolute Gasteiger partial charge is 0.225 e. The summed E-state index contributed by atoms with van der Waals surface area (Å²) in [6, 6.07) is 0. The summed E-state index contributed by atoms with van der Waals surface area (Å²) < 4.78 is 5.24. The van der Waals surface area contributed by atoms with Crippen LogP contribution in [0.4, 0.5) is 0 Å². The highest BCUT2D eigenvalue weighted by atomic mass is 127. The van der Waals surface area contributed by atoms with Crippen LogP contribution in [0, 0.1) is 5.92 Å². The number of nitrogens with zero attached hydrogens (tertiary/aromatic N) is 1. The molecule has 0 radical (unpaired) electrons. The molecule has 1 fully saturated rings. The zero-order chi connectivity index (χ0) is 10.0. The topological polar surface area (TPSA) is 29.5 Å². The zero-order valence-electron chi connectivity index (χ0n) is 7.87. The molecule has 0 aromatic carbocycles. The summed E-state index contributed by atoms with van der Waals surface area (Å²) in [6.45, 7) is 5.39. The maximum Gasteiger partial charge on any atom is 0.225 e. The third-order valence-electron chi connectivity index (χ3n) is 2.23. The van der Waals surface area contributed by atoms with Gasteiger partial charge in [0.2, 0.25) is 5.91 Å². The summed E-state index contributed by atoms with van der Waals surface area (Å²) in [4.78, 5) is 13.5. The number of halogens is 1. The first kappa shape index (κ1) is 11.7. The fourth-order valence-corrected chi connectivity index (χ4v) is 2.75. The van der Waals surface area contributed by atoms with E-state index in [4.69, 9.17) is 3.07 Å². The van der Waals surface area contributed by atoms with E-state index < -0.39 is 0 Å². The summed E-state index contributed by atoms with van der Waals surface area (Å²) in [7, 11) is 2.73. The molecule has 1 amide bonds. The molecule has 3 atom stereocenters. The maximum atomic E-state index is 11.6. The van der Waals surface area contributed by atoms with E-state index in [1.807, 2.05) is 41.8 Å². The Morgan fingerprint density at radius 2 is 2.23 bits per heavy atom. The standard InChI is InChI=1S/C8H15INO2P/c1-5(2)8(11)10-3-6(12-9)7(13)4-10/h5-7H,3-4,13H2,1-2H3/t6-,7?/m1/s1. The van der Waals surface area contributed by atoms with Crippen LogP contribution in [-0.4, -0.2) is 35.7 Å². The number of hydrogen-bond acceptors (Lipinski definition) is 2. The molecule has 0 saturated carbocycles. The third-order valence-corrected chi connectivity index (χ3v) is 3.52. The zero-order valence-corrected chi connectivity index (χ0v) is 11.2. The first-order valence-corrected chi connectivity index (χ1v) is 5.92. The van der Waals surface area contributed by atoms with Gasteiger partial charge in [0.05, 0.1) is 6.10 Å². The average Bonchev–Trinajstić information content (AvgIpc) is 2.45. The minimum atomic E-state index is 0.0881. The van der Waals surface area contributed by atoms with Crippen LogP contribution in [0.25, 0.3) is 0 Å². The van der Waals surface area contributed by atoms with Gasteiger partial charge in [-0.15, -0.1) is 9.24 Å². The summed E-state index contributed by atoms with van der Waals surface area (Å²) in [6.07, 6.45) is 0.174. The monoisotopic (exact) mass is 315 g/mol. The van der Waals surface area contributed by atoms with Crippen molar-refractivity contribution in [2.24, 2.45) is 5.92 Å². The molecule has 13 heavy (non-hydrogen) atoms. The highest BCUT2D eigenvalue weighted by Gasteiger charge is 2.33. The van der Waals surface area contributed by atoms with E-state index >= 15 is 0 Å². The fourth-order valence-electron chi connectivity index (χ4n) is 1.44. The fraction of sp³-hybridized carbons (Fsp3) is 0.875. The molecule has 0 aliphatic carbocycles. The Labute approximate surface area is 95.5 Å². The van der Waals surface area contributed by atoms with E-state index in [1.165, 1.54) is 0 Å². The molecule has 3 nitrogen and oxygen atoms in total. The molecule has 0 aromatic heterocycles. The molecule has 1 aliphatic rings. The van der Waals surface area contributed by atoms with Gasteiger partial charge in [-0.05, 0) is 0 Å². The lowest BCUT2D eigenvalue weighted by Crippen LogP contribution is -2.33. The van der Waals surface area contributed by atoms with Crippen LogP contribution in [0.2, 0.25) is 0 Å². The maximum absolute atomic E-state index is 11.6. The number of hydrogen-bond donors (Lipinski definition) is 0. The minimum absolute atomic E-state index is 0.0881. The largest absolute Gasteiger partial charge is 0.339 e. The molecular weight excluding hydrogens is 300 g/mol. The Hall–Kier alpha value is 0.590. The van der Waals surface area contributed by atoms with Gasteiger partial charge in [-0.3, -0.25) is 4.79 Å². The van der Waals surface area contributed by atoms with E-state index in [1.54, 1.807) is 0 Å². The third kappa shape index (κ3) is 2.77. The molecule has 0 aromatic rings. The van der Waals surface area contributed by atoms with Crippen molar-refractivity contribution in [2.45, 2.75) is 25.6 Å². The quantitative estimate of drug-likeness (QED) is 0.570. The Morgan fingerprint density at radius 1 is 1.62 bits per heavy atom. The van der Waals surface area contributed by atoms with Crippen molar-refractivity contribution >= 4 is 38.2 Å². The van der Waals surface area contributed by atoms with Crippen LogP contribution in [0.5, 0.6) is 0 Å². The number of rotatable bonds is 2. The first-order chi connectivity index (χ1) is 6.06. The van der Waals surface area contributed by atoms with Gasteiger partial charge in [0.15, 0.2) is 0 Å². The molecule has 2 unspecified atom stereocenters. The summed E-state index contributed by atoms with van der Waals surface area (Å²) in [5.74, 6) is 0.313. The Morgan fingerprint density at radius 3 is 2.62 bits per heavy atom. The highest BCUT2D eigenvalue weighted by molar-refractivity contribution is 14.1. The van der Waals surface area contributed by atoms with Crippen LogP contribution in [0.3, 0.4) is 0 Å². The lowest BCUT2D eigenvalue weighted by Gasteiger charge is -2.17. The van der Waals surface area contributed by atoms with Crippen LogP contribution in [-0.2, 0) is 7.86 Å². The summed E-state index contributed by atoms with van der Waals surface area (Å²) in [5, 5.41) is 0. The molecule has 1 heterocycles. The molecule has 5 heteroatoms. The normalized spacial score (nSPS) is 28.5. The number of amides is 1. The van der Waals surface area contributed by atoms with Gasteiger partial charge in [0.25, 0.3) is 0 Å². The minimum Gasteiger partial charge on any atom is -0.339 e. The van der Waals surface area contributed by atoms with Crippen molar-refractivity contribution < 1.29 is 7.86 Å². The molecule has 1 rings (SSSR count). The van der Waals surface area contributed by atoms with Crippen molar-refractivity contribution in [1.29, 1.82) is 0 Å². The lowest BCUT2D eigenvalue weighted by atomic mass is 10.2. The van der Waals surface area contributed by atoms with Gasteiger partial charge in [0, 0.05) is 24.7 Å². The highest BCUT2D eigenvalue weighted by Crippen LogP contribution is 2.23. The van der Waals surface area contributed by atoms with Crippen LogP contribution in [0.15, 0.2) is 0 Å². The van der Waals surface area contributed by atoms with Crippen molar-refractivity contribution in [3.8, 4) is 0 Å². The predicted octanol–water partition coefficient (Wildman–Crippen LogP) is 1.46. The van der Waals surface area contributed by atoms with E-state index in [0.717, 1.165) is 13.1 Å². The van der Waals surface area contributed by atoms with Gasteiger partial charge in [-0.2, -0.15) is 0 Å². The van der Waals surface area contributed by atoms with Crippen LogP contribution >= 0.6 is 32.2 Å². The van der Waals surface area contributed by atoms with E-state index in [9.17, 15) is 4.79 Å². The average molecular weight is 315 g/mol. The first-order valence-electron chi connectivity index (χ1n) is 4.38. The molecule has 1 saturated heterocycles. The molecule has 0 spiro atoms. The van der Waals surface area contributed by atoms with Gasteiger partial charge < -0.3 is 7.97 Å². The molecule has 0 N–H and O–H groups in total. The Kier molecular flexibility index (Phi) is 4.39. The van der Waals surface area contributed by atoms with E-state index in [-0.39, 0.29) is 17.9 Å². The van der Waals surface area contributed by atoms with Crippen molar-refractivity contribution in [3.63, 3.8) is 0 Å². The second kappa shape index (κ2) is 4.89. The second-order valence-electron chi connectivity index (χ2n) is 3.69. The second-order valence-corrected chi connectivity index (χ2v) is 5.05. The van der Waals surface area contributed by atoms with Gasteiger partial charge >= 0.3 is 0 Å². The number of carbonyl (C=O) groups is 1. The van der Waals surface area contributed by atoms with Crippen molar-refractivity contribution in [2.75, 3.05) is 13.1 Å². The predicted molar refractivity (Wildman–Crippen MR) is 63.8 cm³/mol. The summed E-state index contributed by atoms with van der Waals surface area (Å²) >= 11 is 1.90. The lowest BCUT2D eigenvalue weighted by molar-refractivity contribution is -0.133. The van der Waals surface area contributed by atoms with E-state index in [0.29, 0.717) is 5.66 Å². The Balaban J connectivity index is 2.53. The molecule has 76 valence electrons. The van der Waals surface area contributed by atoms with Crippen LogP contribution in [0.1, 0.15) is 13.8 Å². The van der Waals surface area contributed by atoms with Crippen molar-refractivity contribution in [1.82, 2.24) is 4.90 Å². The van der Waals surface area contributed by atoms with Gasteiger partial charge in [0.1, 0.15) is 23.0 Å². The molecule has 0 bridgehead atoms. The SMILES string of the molecule is CC(C)C(=O)N1CC(P)[C@H](OI)C1. The van der Waals surface area contributed by atoms with Gasteiger partial charge in [-0.1, -0.05) is 13.8 Å². The van der Waals surface area contributed by atoms with Gasteiger partial charge in [-0.25, -0.2) is 0 Å². The summed E-state index contributed by atoms with van der Waals surface area (Å²) in [5.41, 5.74) is 0.375. The molecule has 1 aliphatic heterocycles. The number of carbonyl (C=O) groups excluding carboxylic acids is 1. The van der Waals surface area contributed by atoms with E-state index in [2.05, 4.69) is 9.24 Å². The van der Waals surface area contributed by atoms with Crippen LogP contribution < -0.4 is 0 Å².